The summed E-state index contributed by atoms with van der Waals surface area (Å²) in [5.41, 5.74) is 6.67. The van der Waals surface area contributed by atoms with E-state index < -0.39 is 0 Å². The summed E-state index contributed by atoms with van der Waals surface area (Å²) in [5, 5.41) is 3.17. The quantitative estimate of drug-likeness (QED) is 0.383. The summed E-state index contributed by atoms with van der Waals surface area (Å²) >= 11 is 3.27. The molecule has 0 spiro atoms. The lowest BCUT2D eigenvalue weighted by molar-refractivity contribution is 0.267. The summed E-state index contributed by atoms with van der Waals surface area (Å²) in [6, 6.07) is 5.27. The first-order valence-corrected chi connectivity index (χ1v) is 8.10. The zero-order valence-electron chi connectivity index (χ0n) is 12.7. The predicted molar refractivity (Wildman–Crippen MR) is 103 cm³/mol. The van der Waals surface area contributed by atoms with Gasteiger partial charge in [-0.05, 0) is 49.7 Å². The summed E-state index contributed by atoms with van der Waals surface area (Å²) in [6.45, 7) is 5.60. The van der Waals surface area contributed by atoms with Crippen LogP contribution in [0.2, 0.25) is 0 Å². The first-order chi connectivity index (χ1) is 10.1. The molecule has 3 N–H and O–H groups in total. The monoisotopic (exact) mass is 484 g/mol. The van der Waals surface area contributed by atoms with Crippen LogP contribution in [0.4, 0.5) is 4.39 Å². The van der Waals surface area contributed by atoms with Crippen LogP contribution in [0.3, 0.4) is 0 Å². The van der Waals surface area contributed by atoms with Gasteiger partial charge in [-0.25, -0.2) is 9.38 Å². The van der Waals surface area contributed by atoms with Crippen LogP contribution in [0, 0.1) is 5.82 Å². The Balaban J connectivity index is 0.00000242. The van der Waals surface area contributed by atoms with Crippen LogP contribution in [0.5, 0.6) is 0 Å². The molecule has 0 aromatic heterocycles. The lowest BCUT2D eigenvalue weighted by Crippen LogP contribution is -2.42. The molecule has 0 radical (unpaired) electrons. The largest absolute Gasteiger partial charge is 0.370 e. The second kappa shape index (κ2) is 9.67. The molecule has 1 aliphatic rings. The molecule has 1 atom stereocenters. The van der Waals surface area contributed by atoms with E-state index in [-0.39, 0.29) is 29.8 Å². The predicted octanol–water partition coefficient (Wildman–Crippen LogP) is 3.09. The number of guanidine groups is 1. The van der Waals surface area contributed by atoms with E-state index in [0.29, 0.717) is 23.0 Å². The SMILES string of the molecule is CCN1CCCC1CNC(N)=NCc1cc(F)cc(Br)c1.I. The van der Waals surface area contributed by atoms with E-state index in [9.17, 15) is 4.39 Å². The van der Waals surface area contributed by atoms with Gasteiger partial charge in [0.25, 0.3) is 0 Å². The summed E-state index contributed by atoms with van der Waals surface area (Å²) in [5.74, 6) is 0.143. The van der Waals surface area contributed by atoms with Gasteiger partial charge in [-0.2, -0.15) is 0 Å². The summed E-state index contributed by atoms with van der Waals surface area (Å²) < 4.78 is 14.0. The molecule has 1 aliphatic heterocycles. The fraction of sp³-hybridized carbons (Fsp3) is 0.533. The molecule has 1 heterocycles. The first-order valence-electron chi connectivity index (χ1n) is 7.31. The molecule has 1 saturated heterocycles. The lowest BCUT2D eigenvalue weighted by Gasteiger charge is -2.23. The van der Waals surface area contributed by atoms with Crippen molar-refractivity contribution in [3.05, 3.63) is 34.1 Å². The number of rotatable bonds is 5. The van der Waals surface area contributed by atoms with Gasteiger partial charge in [-0.15, -0.1) is 24.0 Å². The first kappa shape index (κ1) is 19.6. The maximum Gasteiger partial charge on any atom is 0.188 e. The number of nitrogens with zero attached hydrogens (tertiary/aromatic N) is 2. The van der Waals surface area contributed by atoms with Gasteiger partial charge in [0, 0.05) is 17.1 Å². The van der Waals surface area contributed by atoms with Gasteiger partial charge in [0.15, 0.2) is 5.96 Å². The van der Waals surface area contributed by atoms with Crippen LogP contribution < -0.4 is 11.1 Å². The molecule has 1 unspecified atom stereocenters. The smallest absolute Gasteiger partial charge is 0.188 e. The van der Waals surface area contributed by atoms with Crippen molar-refractivity contribution in [2.45, 2.75) is 32.4 Å². The highest BCUT2D eigenvalue weighted by atomic mass is 127. The van der Waals surface area contributed by atoms with Crippen LogP contribution in [0.25, 0.3) is 0 Å². The number of aliphatic imine (C=N–C) groups is 1. The van der Waals surface area contributed by atoms with Crippen molar-refractivity contribution in [1.82, 2.24) is 10.2 Å². The fourth-order valence-corrected chi connectivity index (χ4v) is 3.21. The molecule has 4 nitrogen and oxygen atoms in total. The average Bonchev–Trinajstić information content (AvgIpc) is 2.89. The molecule has 1 fully saturated rings. The molecule has 7 heteroatoms. The second-order valence-electron chi connectivity index (χ2n) is 5.28. The van der Waals surface area contributed by atoms with Crippen LogP contribution in [0.15, 0.2) is 27.7 Å². The van der Waals surface area contributed by atoms with Gasteiger partial charge in [-0.3, -0.25) is 4.90 Å². The van der Waals surface area contributed by atoms with Gasteiger partial charge >= 0.3 is 0 Å². The third-order valence-electron chi connectivity index (χ3n) is 3.78. The number of likely N-dealkylation sites (tertiary alicyclic amines) is 1. The zero-order chi connectivity index (χ0) is 15.2. The number of likely N-dealkylation sites (N-methyl/N-ethyl adjacent to an activating group) is 1. The third kappa shape index (κ3) is 6.00. The van der Waals surface area contributed by atoms with E-state index in [1.165, 1.54) is 25.0 Å². The van der Waals surface area contributed by atoms with E-state index in [4.69, 9.17) is 5.73 Å². The van der Waals surface area contributed by atoms with E-state index in [1.54, 1.807) is 0 Å². The van der Waals surface area contributed by atoms with E-state index >= 15 is 0 Å². The Labute approximate surface area is 156 Å². The van der Waals surface area contributed by atoms with Crippen LogP contribution >= 0.6 is 39.9 Å². The molecule has 124 valence electrons. The molecule has 0 amide bonds. The number of nitrogens with one attached hydrogen (secondary N) is 1. The maximum absolute atomic E-state index is 13.3. The minimum Gasteiger partial charge on any atom is -0.370 e. The van der Waals surface area contributed by atoms with Crippen molar-refractivity contribution in [3.63, 3.8) is 0 Å². The highest BCUT2D eigenvalue weighted by molar-refractivity contribution is 14.0. The summed E-state index contributed by atoms with van der Waals surface area (Å²) in [4.78, 5) is 6.71. The molecule has 0 aliphatic carbocycles. The topological polar surface area (TPSA) is 53.6 Å². The van der Waals surface area contributed by atoms with Crippen molar-refractivity contribution in [3.8, 4) is 0 Å². The van der Waals surface area contributed by atoms with Crippen molar-refractivity contribution >= 4 is 45.9 Å². The molecule has 0 bridgehead atoms. The molecule has 2 rings (SSSR count). The summed E-state index contributed by atoms with van der Waals surface area (Å²) in [7, 11) is 0. The number of halogens is 3. The Kier molecular flexibility index (Phi) is 8.63. The number of benzene rings is 1. The third-order valence-corrected chi connectivity index (χ3v) is 4.24. The van der Waals surface area contributed by atoms with Gasteiger partial charge in [0.2, 0.25) is 0 Å². The van der Waals surface area contributed by atoms with Crippen LogP contribution in [-0.4, -0.2) is 36.5 Å². The highest BCUT2D eigenvalue weighted by Crippen LogP contribution is 2.16. The Morgan fingerprint density at radius 3 is 2.95 bits per heavy atom. The zero-order valence-corrected chi connectivity index (χ0v) is 16.6. The normalized spacial score (nSPS) is 19.0. The standard InChI is InChI=1S/C15H22BrFN4.HI/c1-2-21-5-3-4-14(21)10-20-15(18)19-9-11-6-12(16)8-13(17)7-11;/h6-8,14H,2-5,9-10H2,1H3,(H3,18,19,20);1H. The molecule has 0 saturated carbocycles. The minimum atomic E-state index is -0.273. The minimum absolute atomic E-state index is 0. The van der Waals surface area contributed by atoms with Gasteiger partial charge < -0.3 is 11.1 Å². The molecule has 1 aromatic rings. The maximum atomic E-state index is 13.3. The molecular weight excluding hydrogens is 462 g/mol. The lowest BCUT2D eigenvalue weighted by atomic mass is 10.2. The highest BCUT2D eigenvalue weighted by Gasteiger charge is 2.22. The Bertz CT molecular complexity index is 492. The van der Waals surface area contributed by atoms with Crippen LogP contribution in [0.1, 0.15) is 25.3 Å². The summed E-state index contributed by atoms with van der Waals surface area (Å²) in [6.07, 6.45) is 2.44. The van der Waals surface area contributed by atoms with Crippen molar-refractivity contribution in [1.29, 1.82) is 0 Å². The average molecular weight is 485 g/mol. The van der Waals surface area contributed by atoms with Crippen molar-refractivity contribution < 1.29 is 4.39 Å². The fourth-order valence-electron chi connectivity index (χ4n) is 2.70. The second-order valence-corrected chi connectivity index (χ2v) is 6.20. The van der Waals surface area contributed by atoms with Gasteiger partial charge in [-0.1, -0.05) is 22.9 Å². The van der Waals surface area contributed by atoms with Gasteiger partial charge in [0.1, 0.15) is 5.82 Å². The Morgan fingerprint density at radius 1 is 1.50 bits per heavy atom. The van der Waals surface area contributed by atoms with Crippen molar-refractivity contribution in [2.24, 2.45) is 10.7 Å². The molecule has 1 aromatic carbocycles. The van der Waals surface area contributed by atoms with Crippen molar-refractivity contribution in [2.75, 3.05) is 19.6 Å². The number of hydrogen-bond acceptors (Lipinski definition) is 2. The number of nitrogens with two attached hydrogens (primary N) is 1. The molecule has 22 heavy (non-hydrogen) atoms. The van der Waals surface area contributed by atoms with Crippen LogP contribution in [-0.2, 0) is 6.54 Å². The Morgan fingerprint density at radius 2 is 2.27 bits per heavy atom. The number of hydrogen-bond donors (Lipinski definition) is 2. The van der Waals surface area contributed by atoms with E-state index in [0.717, 1.165) is 25.2 Å². The van der Waals surface area contributed by atoms with E-state index in [1.807, 2.05) is 6.07 Å². The van der Waals surface area contributed by atoms with Gasteiger partial charge in [0.05, 0.1) is 6.54 Å². The molecular formula is C15H23BrFIN4. The van der Waals surface area contributed by atoms with E-state index in [2.05, 4.69) is 38.1 Å². The Hall–Kier alpha value is -0.410.